The van der Waals surface area contributed by atoms with Crippen molar-refractivity contribution in [2.75, 3.05) is 38.2 Å². The van der Waals surface area contributed by atoms with Crippen molar-refractivity contribution in [3.63, 3.8) is 0 Å². The fraction of sp³-hybridized carbons (Fsp3) is 0.529. The van der Waals surface area contributed by atoms with E-state index in [1.165, 1.54) is 0 Å². The Balaban J connectivity index is 1.57. The maximum Gasteiger partial charge on any atom is 0.240 e. The Hall–Kier alpha value is -2.50. The van der Waals surface area contributed by atoms with Gasteiger partial charge in [0.05, 0.1) is 18.4 Å². The zero-order valence-electron chi connectivity index (χ0n) is 14.6. The van der Waals surface area contributed by atoms with Crippen LogP contribution < -0.4 is 4.90 Å². The molecule has 25 heavy (non-hydrogen) atoms. The first-order valence-electron chi connectivity index (χ1n) is 8.38. The van der Waals surface area contributed by atoms with Crippen molar-refractivity contribution in [1.82, 2.24) is 20.0 Å². The summed E-state index contributed by atoms with van der Waals surface area (Å²) in [6.45, 7) is 6.26. The maximum atomic E-state index is 8.85. The molecule has 0 spiro atoms. The normalized spacial score (nSPS) is 17.1. The van der Waals surface area contributed by atoms with Gasteiger partial charge in [0.2, 0.25) is 5.89 Å². The standard InChI is InChI=1S/C17H22N6O2/c1-13(24-2)17-20-16(25-21-17)12-22-6-3-7-23(9-8-22)15-5-4-14(10-18)19-11-15/h4-5,11,13H,3,6-9,12H2,1-2H3. The lowest BCUT2D eigenvalue weighted by Gasteiger charge is -2.22. The molecule has 0 radical (unpaired) electrons. The van der Waals surface area contributed by atoms with E-state index in [0.717, 1.165) is 38.3 Å². The summed E-state index contributed by atoms with van der Waals surface area (Å²) in [5.41, 5.74) is 1.49. The zero-order valence-corrected chi connectivity index (χ0v) is 14.6. The van der Waals surface area contributed by atoms with Gasteiger partial charge in [-0.15, -0.1) is 0 Å². The quantitative estimate of drug-likeness (QED) is 0.812. The summed E-state index contributed by atoms with van der Waals surface area (Å²) in [5.74, 6) is 1.20. The second-order valence-corrected chi connectivity index (χ2v) is 6.05. The van der Waals surface area contributed by atoms with Crippen molar-refractivity contribution in [2.24, 2.45) is 0 Å². The Morgan fingerprint density at radius 2 is 2.20 bits per heavy atom. The lowest BCUT2D eigenvalue weighted by molar-refractivity contribution is 0.109. The number of pyridine rings is 1. The SMILES string of the molecule is COC(C)c1noc(CN2CCCN(c3ccc(C#N)nc3)CC2)n1. The summed E-state index contributed by atoms with van der Waals surface area (Å²) >= 11 is 0. The molecule has 2 aromatic rings. The number of nitrogens with zero attached hydrogens (tertiary/aromatic N) is 6. The second kappa shape index (κ2) is 8.05. The molecule has 0 bridgehead atoms. The number of nitriles is 1. The van der Waals surface area contributed by atoms with Crippen LogP contribution in [0.3, 0.4) is 0 Å². The lowest BCUT2D eigenvalue weighted by Crippen LogP contribution is -2.30. The largest absolute Gasteiger partial charge is 0.374 e. The van der Waals surface area contributed by atoms with Gasteiger partial charge in [-0.05, 0) is 25.5 Å². The Labute approximate surface area is 147 Å². The predicted octanol–water partition coefficient (Wildman–Crippen LogP) is 1.76. The Bertz CT molecular complexity index is 723. The van der Waals surface area contributed by atoms with Gasteiger partial charge in [0.25, 0.3) is 0 Å². The van der Waals surface area contributed by atoms with Crippen molar-refractivity contribution < 1.29 is 9.26 Å². The molecule has 0 aliphatic carbocycles. The number of hydrogen-bond acceptors (Lipinski definition) is 8. The number of ether oxygens (including phenoxy) is 1. The summed E-state index contributed by atoms with van der Waals surface area (Å²) in [7, 11) is 1.63. The first-order valence-corrected chi connectivity index (χ1v) is 8.38. The third-order valence-electron chi connectivity index (χ3n) is 4.38. The molecule has 8 nitrogen and oxygen atoms in total. The average molecular weight is 342 g/mol. The molecule has 0 amide bonds. The number of hydrogen-bond donors (Lipinski definition) is 0. The third-order valence-corrected chi connectivity index (χ3v) is 4.38. The topological polar surface area (TPSA) is 91.3 Å². The molecule has 0 saturated carbocycles. The molecule has 132 valence electrons. The van der Waals surface area contributed by atoms with E-state index in [9.17, 15) is 0 Å². The number of anilines is 1. The maximum absolute atomic E-state index is 8.85. The van der Waals surface area contributed by atoms with Crippen LogP contribution in [-0.4, -0.2) is 53.3 Å². The molecule has 1 atom stereocenters. The lowest BCUT2D eigenvalue weighted by atomic mass is 10.3. The van der Waals surface area contributed by atoms with Crippen molar-refractivity contribution >= 4 is 5.69 Å². The van der Waals surface area contributed by atoms with E-state index >= 15 is 0 Å². The molecule has 1 unspecified atom stereocenters. The monoisotopic (exact) mass is 342 g/mol. The molecule has 1 saturated heterocycles. The van der Waals surface area contributed by atoms with Crippen LogP contribution in [0.1, 0.15) is 36.9 Å². The molecular weight excluding hydrogens is 320 g/mol. The molecular formula is C17H22N6O2. The van der Waals surface area contributed by atoms with E-state index in [1.54, 1.807) is 19.4 Å². The number of methoxy groups -OCH3 is 1. The van der Waals surface area contributed by atoms with Gasteiger partial charge in [0, 0.05) is 33.3 Å². The third kappa shape index (κ3) is 4.32. The minimum atomic E-state index is -0.166. The van der Waals surface area contributed by atoms with Crippen LogP contribution in [0, 0.1) is 11.3 Å². The van der Waals surface area contributed by atoms with Gasteiger partial charge in [0.1, 0.15) is 17.9 Å². The number of aromatic nitrogens is 3. The first-order chi connectivity index (χ1) is 12.2. The van der Waals surface area contributed by atoms with E-state index in [1.807, 2.05) is 19.1 Å². The van der Waals surface area contributed by atoms with Crippen LogP contribution in [0.5, 0.6) is 0 Å². The zero-order chi connectivity index (χ0) is 17.6. The first kappa shape index (κ1) is 17.3. The van der Waals surface area contributed by atoms with E-state index in [-0.39, 0.29) is 6.10 Å². The minimum Gasteiger partial charge on any atom is -0.374 e. The molecule has 0 N–H and O–H groups in total. The number of rotatable bonds is 5. The van der Waals surface area contributed by atoms with Crippen LogP contribution in [-0.2, 0) is 11.3 Å². The van der Waals surface area contributed by atoms with Crippen LogP contribution >= 0.6 is 0 Å². The summed E-state index contributed by atoms with van der Waals surface area (Å²) in [5, 5.41) is 12.8. The van der Waals surface area contributed by atoms with E-state index in [0.29, 0.717) is 24.0 Å². The van der Waals surface area contributed by atoms with Crippen molar-refractivity contribution in [3.05, 3.63) is 35.7 Å². The van der Waals surface area contributed by atoms with Gasteiger partial charge >= 0.3 is 0 Å². The van der Waals surface area contributed by atoms with Gasteiger partial charge < -0.3 is 14.2 Å². The fourth-order valence-electron chi connectivity index (χ4n) is 2.82. The Morgan fingerprint density at radius 3 is 2.92 bits per heavy atom. The van der Waals surface area contributed by atoms with E-state index < -0.39 is 0 Å². The molecule has 1 aliphatic heterocycles. The minimum absolute atomic E-state index is 0.166. The Morgan fingerprint density at radius 1 is 1.32 bits per heavy atom. The van der Waals surface area contributed by atoms with Crippen molar-refractivity contribution in [1.29, 1.82) is 5.26 Å². The van der Waals surface area contributed by atoms with Gasteiger partial charge in [0.15, 0.2) is 5.82 Å². The molecule has 0 aromatic carbocycles. The van der Waals surface area contributed by atoms with Crippen LogP contribution in [0.25, 0.3) is 0 Å². The van der Waals surface area contributed by atoms with Crippen molar-refractivity contribution in [3.8, 4) is 6.07 Å². The summed E-state index contributed by atoms with van der Waals surface area (Å²) in [4.78, 5) is 13.2. The molecule has 8 heteroatoms. The van der Waals surface area contributed by atoms with Gasteiger partial charge in [-0.1, -0.05) is 5.16 Å². The van der Waals surface area contributed by atoms with Crippen LogP contribution in [0.4, 0.5) is 5.69 Å². The fourth-order valence-corrected chi connectivity index (χ4v) is 2.82. The molecule has 1 fully saturated rings. The summed E-state index contributed by atoms with van der Waals surface area (Å²) in [6, 6.07) is 5.76. The van der Waals surface area contributed by atoms with Crippen molar-refractivity contribution in [2.45, 2.75) is 26.0 Å². The van der Waals surface area contributed by atoms with Crippen LogP contribution in [0.15, 0.2) is 22.9 Å². The smallest absolute Gasteiger partial charge is 0.240 e. The highest BCUT2D eigenvalue weighted by atomic mass is 16.5. The van der Waals surface area contributed by atoms with Gasteiger partial charge in [-0.2, -0.15) is 10.2 Å². The Kier molecular flexibility index (Phi) is 5.58. The second-order valence-electron chi connectivity index (χ2n) is 6.05. The highest BCUT2D eigenvalue weighted by molar-refractivity contribution is 5.46. The average Bonchev–Trinajstić information content (AvgIpc) is 2.99. The van der Waals surface area contributed by atoms with Gasteiger partial charge in [-0.3, -0.25) is 4.90 Å². The molecule has 3 rings (SSSR count). The highest BCUT2D eigenvalue weighted by Crippen LogP contribution is 2.17. The van der Waals surface area contributed by atoms with Crippen LogP contribution in [0.2, 0.25) is 0 Å². The predicted molar refractivity (Wildman–Crippen MR) is 90.8 cm³/mol. The highest BCUT2D eigenvalue weighted by Gasteiger charge is 2.19. The summed E-state index contributed by atoms with van der Waals surface area (Å²) < 4.78 is 10.5. The van der Waals surface area contributed by atoms with Gasteiger partial charge in [-0.25, -0.2) is 4.98 Å². The summed E-state index contributed by atoms with van der Waals surface area (Å²) in [6.07, 6.45) is 2.64. The molecule has 2 aromatic heterocycles. The molecule has 3 heterocycles. The molecule has 1 aliphatic rings. The van der Waals surface area contributed by atoms with E-state index in [2.05, 4.69) is 24.9 Å². The van der Waals surface area contributed by atoms with E-state index in [4.69, 9.17) is 14.5 Å².